The fraction of sp³-hybridized carbons (Fsp3) is 1.00. The fourth-order valence-electron chi connectivity index (χ4n) is 1.63. The van der Waals surface area contributed by atoms with Gasteiger partial charge in [-0.05, 0) is 37.5 Å². The van der Waals surface area contributed by atoms with Gasteiger partial charge in [-0.2, -0.15) is 24.8 Å². The van der Waals surface area contributed by atoms with Crippen LogP contribution in [-0.4, -0.2) is 35.0 Å². The van der Waals surface area contributed by atoms with E-state index >= 15 is 0 Å². The molecule has 0 aromatic heterocycles. The summed E-state index contributed by atoms with van der Waals surface area (Å²) in [7, 11) is -12.2. The Hall–Kier alpha value is 0.0500. The van der Waals surface area contributed by atoms with Crippen molar-refractivity contribution in [2.45, 2.75) is 25.7 Å². The summed E-state index contributed by atoms with van der Waals surface area (Å²) in [5, 5.41) is 0. The predicted molar refractivity (Wildman–Crippen MR) is 68.7 cm³/mol. The lowest BCUT2D eigenvalue weighted by atomic mass is 10.5. The molecule has 112 valence electrons. The van der Waals surface area contributed by atoms with Gasteiger partial charge in [0.25, 0.3) is 20.2 Å². The zero-order valence-corrected chi connectivity index (χ0v) is 13.0. The lowest BCUT2D eigenvalue weighted by Crippen LogP contribution is -2.15. The molecule has 2 saturated carbocycles. The summed E-state index contributed by atoms with van der Waals surface area (Å²) in [6.45, 7) is 0.863. The molecular formula is C9H17O7PS2. The van der Waals surface area contributed by atoms with Crippen molar-refractivity contribution in [1.82, 2.24) is 0 Å². The largest absolute Gasteiger partial charge is 0.356 e. The SMILES string of the molecule is CP(=O)(OS(=O)(=O)CC1CC1)OS(=O)(=O)CC1CC1. The van der Waals surface area contributed by atoms with Crippen LogP contribution in [0.1, 0.15) is 25.7 Å². The van der Waals surface area contributed by atoms with E-state index < -0.39 is 27.8 Å². The smallest absolute Gasteiger partial charge is 0.258 e. The van der Waals surface area contributed by atoms with E-state index in [0.29, 0.717) is 0 Å². The predicted octanol–water partition coefficient (Wildman–Crippen LogP) is 1.32. The molecule has 0 amide bonds. The summed E-state index contributed by atoms with van der Waals surface area (Å²) < 4.78 is 66.9. The Balaban J connectivity index is 1.94. The van der Waals surface area contributed by atoms with E-state index in [9.17, 15) is 21.4 Å². The van der Waals surface area contributed by atoms with Crippen LogP contribution >= 0.6 is 7.60 Å². The minimum absolute atomic E-state index is 0.0214. The molecule has 2 aliphatic carbocycles. The van der Waals surface area contributed by atoms with Crippen LogP contribution in [0.4, 0.5) is 0 Å². The average molecular weight is 332 g/mol. The van der Waals surface area contributed by atoms with Crippen molar-refractivity contribution in [3.05, 3.63) is 0 Å². The van der Waals surface area contributed by atoms with Crippen LogP contribution in [0.25, 0.3) is 0 Å². The van der Waals surface area contributed by atoms with Gasteiger partial charge >= 0.3 is 7.60 Å². The summed E-state index contributed by atoms with van der Waals surface area (Å²) in [4.78, 5) is 0. The maximum absolute atomic E-state index is 11.8. The van der Waals surface area contributed by atoms with Gasteiger partial charge in [-0.1, -0.05) is 0 Å². The third-order valence-electron chi connectivity index (χ3n) is 2.77. The molecule has 0 atom stereocenters. The van der Waals surface area contributed by atoms with Crippen molar-refractivity contribution < 1.29 is 29.3 Å². The van der Waals surface area contributed by atoms with Crippen molar-refractivity contribution in [3.8, 4) is 0 Å². The molecule has 0 aliphatic heterocycles. The van der Waals surface area contributed by atoms with Gasteiger partial charge in [0.1, 0.15) is 0 Å². The van der Waals surface area contributed by atoms with E-state index in [2.05, 4.69) is 7.94 Å². The van der Waals surface area contributed by atoms with Crippen LogP contribution in [0, 0.1) is 11.8 Å². The average Bonchev–Trinajstić information content (AvgIpc) is 2.95. The second kappa shape index (κ2) is 5.11. The minimum Gasteiger partial charge on any atom is -0.258 e. The highest BCUT2D eigenvalue weighted by molar-refractivity contribution is 7.95. The molecule has 2 aliphatic rings. The van der Waals surface area contributed by atoms with Gasteiger partial charge in [-0.3, -0.25) is 4.57 Å². The molecule has 2 rings (SSSR count). The van der Waals surface area contributed by atoms with Gasteiger partial charge in [0, 0.05) is 6.66 Å². The zero-order valence-electron chi connectivity index (χ0n) is 10.5. The van der Waals surface area contributed by atoms with E-state index in [1.165, 1.54) is 0 Å². The van der Waals surface area contributed by atoms with Crippen LogP contribution < -0.4 is 0 Å². The highest BCUT2D eigenvalue weighted by atomic mass is 32.2. The van der Waals surface area contributed by atoms with Crippen LogP contribution in [0.15, 0.2) is 0 Å². The molecule has 2 fully saturated rings. The van der Waals surface area contributed by atoms with Crippen LogP contribution in [0.3, 0.4) is 0 Å². The van der Waals surface area contributed by atoms with Crippen LogP contribution in [0.5, 0.6) is 0 Å². The van der Waals surface area contributed by atoms with Gasteiger partial charge in [-0.25, -0.2) is 0 Å². The Bertz CT molecular complexity index is 536. The van der Waals surface area contributed by atoms with Gasteiger partial charge in [0.05, 0.1) is 11.5 Å². The van der Waals surface area contributed by atoms with Crippen molar-refractivity contribution >= 4 is 27.8 Å². The molecule has 0 bridgehead atoms. The van der Waals surface area contributed by atoms with Gasteiger partial charge < -0.3 is 0 Å². The number of rotatable bonds is 8. The maximum Gasteiger partial charge on any atom is 0.356 e. The first-order valence-electron chi connectivity index (χ1n) is 6.02. The number of hydrogen-bond acceptors (Lipinski definition) is 7. The van der Waals surface area contributed by atoms with Gasteiger partial charge in [0.2, 0.25) is 0 Å². The van der Waals surface area contributed by atoms with Crippen LogP contribution in [0.2, 0.25) is 0 Å². The van der Waals surface area contributed by atoms with Crippen molar-refractivity contribution in [3.63, 3.8) is 0 Å². The van der Waals surface area contributed by atoms with Crippen molar-refractivity contribution in [1.29, 1.82) is 0 Å². The second-order valence-corrected chi connectivity index (χ2v) is 10.9. The Kier molecular flexibility index (Phi) is 4.15. The second-order valence-electron chi connectivity index (χ2n) is 5.26. The minimum atomic E-state index is -4.17. The first kappa shape index (κ1) is 15.4. The molecule has 0 aromatic carbocycles. The Labute approximate surface area is 113 Å². The van der Waals surface area contributed by atoms with Crippen molar-refractivity contribution in [2.75, 3.05) is 18.2 Å². The molecule has 0 radical (unpaired) electrons. The van der Waals surface area contributed by atoms with Crippen molar-refractivity contribution in [2.24, 2.45) is 11.8 Å². The third-order valence-corrected chi connectivity index (χ3v) is 8.51. The van der Waals surface area contributed by atoms with E-state index in [1.807, 2.05) is 0 Å². The Morgan fingerprint density at radius 2 is 1.21 bits per heavy atom. The van der Waals surface area contributed by atoms with E-state index in [0.717, 1.165) is 32.3 Å². The quantitative estimate of drug-likeness (QED) is 0.617. The van der Waals surface area contributed by atoms with Gasteiger partial charge in [0.15, 0.2) is 0 Å². The highest BCUT2D eigenvalue weighted by Crippen LogP contribution is 2.49. The van der Waals surface area contributed by atoms with Gasteiger partial charge in [-0.15, -0.1) is 0 Å². The fourth-order valence-corrected chi connectivity index (χ4v) is 7.56. The molecule has 0 aromatic rings. The Morgan fingerprint density at radius 1 is 0.895 bits per heavy atom. The van der Waals surface area contributed by atoms with Crippen LogP contribution in [-0.2, 0) is 32.7 Å². The summed E-state index contributed by atoms with van der Waals surface area (Å²) >= 11 is 0. The summed E-state index contributed by atoms with van der Waals surface area (Å²) in [6.07, 6.45) is 3.16. The monoisotopic (exact) mass is 332 g/mol. The first-order chi connectivity index (χ1) is 8.57. The molecule has 0 heterocycles. The summed E-state index contributed by atoms with van der Waals surface area (Å²) in [5.74, 6) is -0.436. The first-order valence-corrected chi connectivity index (χ1v) is 11.2. The number of hydrogen-bond donors (Lipinski definition) is 0. The lowest BCUT2D eigenvalue weighted by Gasteiger charge is -2.13. The highest BCUT2D eigenvalue weighted by Gasteiger charge is 2.38. The third kappa shape index (κ3) is 5.91. The molecule has 0 spiro atoms. The summed E-state index contributed by atoms with van der Waals surface area (Å²) in [5.41, 5.74) is 0. The maximum atomic E-state index is 11.8. The topological polar surface area (TPSA) is 104 Å². The van der Waals surface area contributed by atoms with E-state index in [1.54, 1.807) is 0 Å². The molecular weight excluding hydrogens is 315 g/mol. The van der Waals surface area contributed by atoms with E-state index in [-0.39, 0.29) is 23.3 Å². The molecule has 19 heavy (non-hydrogen) atoms. The molecule has 0 unspecified atom stereocenters. The normalized spacial score (nSPS) is 21.5. The standard InChI is InChI=1S/C9H17O7PS2/c1-17(10,15-18(11,12)6-8-2-3-8)16-19(13,14)7-9-4-5-9/h8-9H,2-7H2,1H3. The summed E-state index contributed by atoms with van der Waals surface area (Å²) in [6, 6.07) is 0. The molecule has 7 nitrogen and oxygen atoms in total. The Morgan fingerprint density at radius 3 is 1.47 bits per heavy atom. The zero-order chi connectivity index (χ0) is 14.3. The molecule has 0 saturated heterocycles. The molecule has 10 heteroatoms. The lowest BCUT2D eigenvalue weighted by molar-refractivity contribution is 0.385. The molecule has 0 N–H and O–H groups in total. The van der Waals surface area contributed by atoms with E-state index in [4.69, 9.17) is 0 Å².